The van der Waals surface area contributed by atoms with E-state index in [1.165, 1.54) is 4.90 Å². The van der Waals surface area contributed by atoms with Crippen molar-refractivity contribution in [2.45, 2.75) is 13.5 Å². The number of carbonyl (C=O) groups is 2. The molecule has 0 saturated carbocycles. The van der Waals surface area contributed by atoms with Gasteiger partial charge in [0.2, 0.25) is 0 Å². The molecular formula is C16H12ClNO2S2. The van der Waals surface area contributed by atoms with Gasteiger partial charge in [0.25, 0.3) is 11.1 Å². The Kier molecular flexibility index (Phi) is 4.38. The van der Waals surface area contributed by atoms with Gasteiger partial charge in [-0.1, -0.05) is 23.7 Å². The van der Waals surface area contributed by atoms with Crippen molar-refractivity contribution in [3.05, 3.63) is 61.6 Å². The van der Waals surface area contributed by atoms with Crippen molar-refractivity contribution in [2.24, 2.45) is 0 Å². The fourth-order valence-corrected chi connectivity index (χ4v) is 3.94. The second-order valence-electron chi connectivity index (χ2n) is 4.86. The van der Waals surface area contributed by atoms with Crippen molar-refractivity contribution in [1.82, 2.24) is 4.90 Å². The van der Waals surface area contributed by atoms with Crippen molar-refractivity contribution in [3.8, 4) is 0 Å². The highest BCUT2D eigenvalue weighted by Gasteiger charge is 2.35. The van der Waals surface area contributed by atoms with Gasteiger partial charge in [-0.15, -0.1) is 11.3 Å². The van der Waals surface area contributed by atoms with Crippen LogP contribution in [0.4, 0.5) is 4.79 Å². The number of thioether (sulfide) groups is 1. The van der Waals surface area contributed by atoms with Gasteiger partial charge in [-0.3, -0.25) is 14.5 Å². The van der Waals surface area contributed by atoms with Crippen molar-refractivity contribution in [3.63, 3.8) is 0 Å². The minimum absolute atomic E-state index is 0.236. The number of amides is 2. The normalized spacial score (nSPS) is 16.8. The lowest BCUT2D eigenvalue weighted by Crippen LogP contribution is -2.27. The number of carbonyl (C=O) groups excluding carboxylic acids is 2. The number of benzene rings is 1. The molecule has 0 atom stereocenters. The van der Waals surface area contributed by atoms with E-state index in [2.05, 4.69) is 0 Å². The summed E-state index contributed by atoms with van der Waals surface area (Å²) in [5.41, 5.74) is 1.98. The first-order valence-corrected chi connectivity index (χ1v) is 8.66. The highest BCUT2D eigenvalue weighted by Crippen LogP contribution is 2.34. The summed E-state index contributed by atoms with van der Waals surface area (Å²) in [6.45, 7) is 2.25. The summed E-state index contributed by atoms with van der Waals surface area (Å²) in [5, 5.41) is 2.37. The summed E-state index contributed by atoms with van der Waals surface area (Å²) in [7, 11) is 0. The second kappa shape index (κ2) is 6.28. The van der Waals surface area contributed by atoms with Crippen LogP contribution in [-0.4, -0.2) is 16.0 Å². The first kappa shape index (κ1) is 15.3. The lowest BCUT2D eigenvalue weighted by atomic mass is 10.2. The van der Waals surface area contributed by atoms with E-state index in [1.54, 1.807) is 29.5 Å². The van der Waals surface area contributed by atoms with Crippen LogP contribution in [-0.2, 0) is 11.3 Å². The third kappa shape index (κ3) is 3.11. The van der Waals surface area contributed by atoms with Crippen LogP contribution in [0.3, 0.4) is 0 Å². The molecule has 2 aromatic rings. The number of hydrogen-bond donors (Lipinski definition) is 0. The zero-order chi connectivity index (χ0) is 15.7. The monoisotopic (exact) mass is 349 g/mol. The number of aryl methyl sites for hydroxylation is 1. The predicted molar refractivity (Wildman–Crippen MR) is 92.0 cm³/mol. The molecule has 6 heteroatoms. The summed E-state index contributed by atoms with van der Waals surface area (Å²) in [6, 6.07) is 9.13. The Balaban J connectivity index is 1.81. The fourth-order valence-electron chi connectivity index (χ4n) is 2.06. The lowest BCUT2D eigenvalue weighted by Gasteiger charge is -2.12. The average molecular weight is 350 g/mol. The number of halogens is 1. The fraction of sp³-hybridized carbons (Fsp3) is 0.125. The number of thiophene rings is 1. The SMILES string of the molecule is Cc1ccsc1/C=C1/SC(=O)N(Cc2ccc(Cl)cc2)C1=O. The molecule has 3 rings (SSSR count). The van der Waals surface area contributed by atoms with E-state index in [1.807, 2.05) is 30.5 Å². The molecule has 1 aliphatic rings. The molecule has 0 N–H and O–H groups in total. The van der Waals surface area contributed by atoms with Crippen molar-refractivity contribution in [2.75, 3.05) is 0 Å². The molecule has 0 unspecified atom stereocenters. The Morgan fingerprint density at radius 2 is 1.91 bits per heavy atom. The Bertz CT molecular complexity index is 765. The Hall–Kier alpha value is -1.56. The zero-order valence-electron chi connectivity index (χ0n) is 11.7. The summed E-state index contributed by atoms with van der Waals surface area (Å²) in [4.78, 5) is 27.3. The molecular weight excluding hydrogens is 338 g/mol. The van der Waals surface area contributed by atoms with Crippen LogP contribution in [0.5, 0.6) is 0 Å². The minimum Gasteiger partial charge on any atom is -0.268 e. The van der Waals surface area contributed by atoms with Gasteiger partial charge in [-0.05, 0) is 59.5 Å². The molecule has 2 amide bonds. The van der Waals surface area contributed by atoms with Crippen LogP contribution in [0, 0.1) is 6.92 Å². The van der Waals surface area contributed by atoms with Crippen LogP contribution in [0.1, 0.15) is 16.0 Å². The molecule has 0 radical (unpaired) electrons. The molecule has 1 fully saturated rings. The van der Waals surface area contributed by atoms with Gasteiger partial charge in [-0.2, -0.15) is 0 Å². The summed E-state index contributed by atoms with van der Waals surface area (Å²) >= 11 is 8.39. The van der Waals surface area contributed by atoms with E-state index >= 15 is 0 Å². The first-order chi connectivity index (χ1) is 10.5. The molecule has 0 aliphatic carbocycles. The van der Waals surface area contributed by atoms with Crippen molar-refractivity contribution < 1.29 is 9.59 Å². The quantitative estimate of drug-likeness (QED) is 0.736. The standard InChI is InChI=1S/C16H12ClNO2S2/c1-10-6-7-21-13(10)8-14-15(19)18(16(20)22-14)9-11-2-4-12(17)5-3-11/h2-8H,9H2,1H3/b14-8+. The smallest absolute Gasteiger partial charge is 0.268 e. The van der Waals surface area contributed by atoms with Crippen LogP contribution in [0.25, 0.3) is 6.08 Å². The molecule has 2 heterocycles. The third-order valence-corrected chi connectivity index (χ3v) is 5.42. The third-order valence-electron chi connectivity index (χ3n) is 3.29. The molecule has 22 heavy (non-hydrogen) atoms. The van der Waals surface area contributed by atoms with Gasteiger partial charge in [0.1, 0.15) is 0 Å². The highest BCUT2D eigenvalue weighted by molar-refractivity contribution is 8.18. The predicted octanol–water partition coefficient (Wildman–Crippen LogP) is 4.95. The Morgan fingerprint density at radius 3 is 2.55 bits per heavy atom. The molecule has 1 aromatic carbocycles. The molecule has 1 aliphatic heterocycles. The van der Waals surface area contributed by atoms with Crippen LogP contribution >= 0.6 is 34.7 Å². The van der Waals surface area contributed by atoms with E-state index in [0.717, 1.165) is 27.8 Å². The van der Waals surface area contributed by atoms with Crippen LogP contribution in [0.2, 0.25) is 5.02 Å². The van der Waals surface area contributed by atoms with Gasteiger partial charge in [0, 0.05) is 9.90 Å². The summed E-state index contributed by atoms with van der Waals surface area (Å²) in [5.74, 6) is -0.238. The summed E-state index contributed by atoms with van der Waals surface area (Å²) in [6.07, 6.45) is 1.80. The highest BCUT2D eigenvalue weighted by atomic mass is 35.5. The molecule has 0 spiro atoms. The van der Waals surface area contributed by atoms with Gasteiger partial charge < -0.3 is 0 Å². The first-order valence-electron chi connectivity index (χ1n) is 6.58. The second-order valence-corrected chi connectivity index (χ2v) is 7.24. The summed E-state index contributed by atoms with van der Waals surface area (Å²) < 4.78 is 0. The number of rotatable bonds is 3. The average Bonchev–Trinajstić information content (AvgIpc) is 3.00. The Morgan fingerprint density at radius 1 is 1.18 bits per heavy atom. The van der Waals surface area contributed by atoms with Gasteiger partial charge >= 0.3 is 0 Å². The van der Waals surface area contributed by atoms with Gasteiger partial charge in [-0.25, -0.2) is 0 Å². The molecule has 0 bridgehead atoms. The maximum atomic E-state index is 12.4. The van der Waals surface area contributed by atoms with Crippen molar-refractivity contribution in [1.29, 1.82) is 0 Å². The molecule has 3 nitrogen and oxygen atoms in total. The van der Waals surface area contributed by atoms with E-state index in [-0.39, 0.29) is 17.7 Å². The maximum Gasteiger partial charge on any atom is 0.293 e. The Labute approximate surface area is 141 Å². The number of nitrogens with zero attached hydrogens (tertiary/aromatic N) is 1. The molecule has 1 saturated heterocycles. The number of imide groups is 1. The molecule has 1 aromatic heterocycles. The lowest BCUT2D eigenvalue weighted by molar-refractivity contribution is -0.123. The largest absolute Gasteiger partial charge is 0.293 e. The topological polar surface area (TPSA) is 37.4 Å². The van der Waals surface area contributed by atoms with E-state index in [0.29, 0.717) is 9.93 Å². The zero-order valence-corrected chi connectivity index (χ0v) is 14.1. The minimum atomic E-state index is -0.238. The van der Waals surface area contributed by atoms with Gasteiger partial charge in [0.05, 0.1) is 11.4 Å². The van der Waals surface area contributed by atoms with Gasteiger partial charge in [0.15, 0.2) is 0 Å². The van der Waals surface area contributed by atoms with Crippen LogP contribution in [0.15, 0.2) is 40.6 Å². The van der Waals surface area contributed by atoms with Crippen molar-refractivity contribution >= 4 is 51.9 Å². The number of hydrogen-bond acceptors (Lipinski definition) is 4. The van der Waals surface area contributed by atoms with E-state index < -0.39 is 0 Å². The van der Waals surface area contributed by atoms with E-state index in [9.17, 15) is 9.59 Å². The van der Waals surface area contributed by atoms with Crippen LogP contribution < -0.4 is 0 Å². The van der Waals surface area contributed by atoms with E-state index in [4.69, 9.17) is 11.6 Å². The maximum absolute atomic E-state index is 12.4. The molecule has 112 valence electrons.